The van der Waals surface area contributed by atoms with Crippen molar-refractivity contribution in [3.05, 3.63) is 54.1 Å². The number of anilines is 1. The number of aromatic carboxylic acids is 1. The van der Waals surface area contributed by atoms with Crippen LogP contribution in [0.25, 0.3) is 0 Å². The number of methoxy groups -OCH3 is 1. The van der Waals surface area contributed by atoms with Crippen LogP contribution in [0.4, 0.5) is 5.69 Å². The molecule has 0 aliphatic carbocycles. The molecule has 6 nitrogen and oxygen atoms in total. The van der Waals surface area contributed by atoms with Crippen molar-refractivity contribution in [3.8, 4) is 5.75 Å². The molecular formula is C18H14NO5S-. The Morgan fingerprint density at radius 1 is 1.16 bits per heavy atom. The smallest absolute Gasteiger partial charge is 0.247 e. The molecule has 2 aromatic rings. The lowest BCUT2D eigenvalue weighted by atomic mass is 10.2. The highest BCUT2D eigenvalue weighted by Crippen LogP contribution is 2.38. The highest BCUT2D eigenvalue weighted by atomic mass is 32.2. The van der Waals surface area contributed by atoms with Gasteiger partial charge in [-0.2, -0.15) is 0 Å². The second kappa shape index (κ2) is 6.98. The summed E-state index contributed by atoms with van der Waals surface area (Å²) in [5, 5.41) is 10.5. The Labute approximate surface area is 148 Å². The fourth-order valence-corrected chi connectivity index (χ4v) is 3.83. The third kappa shape index (κ3) is 3.23. The summed E-state index contributed by atoms with van der Waals surface area (Å²) in [7, 11) is 1.46. The number of carboxylic acids is 1. The quantitative estimate of drug-likeness (QED) is 0.754. The topological polar surface area (TPSA) is 86.7 Å². The van der Waals surface area contributed by atoms with Crippen LogP contribution >= 0.6 is 11.8 Å². The molecular weight excluding hydrogens is 342 g/mol. The van der Waals surface area contributed by atoms with Crippen molar-refractivity contribution in [1.82, 2.24) is 0 Å². The lowest BCUT2D eigenvalue weighted by Gasteiger charge is -2.18. The Morgan fingerprint density at radius 2 is 1.84 bits per heavy atom. The zero-order valence-electron chi connectivity index (χ0n) is 13.3. The number of benzene rings is 2. The van der Waals surface area contributed by atoms with Gasteiger partial charge in [-0.3, -0.25) is 9.59 Å². The summed E-state index contributed by atoms with van der Waals surface area (Å²) in [5.74, 6) is -1.64. The molecule has 25 heavy (non-hydrogen) atoms. The summed E-state index contributed by atoms with van der Waals surface area (Å²) in [6.07, 6.45) is -0.0110. The van der Waals surface area contributed by atoms with E-state index >= 15 is 0 Å². The minimum atomic E-state index is -1.32. The molecule has 0 saturated carbocycles. The predicted octanol–water partition coefficient (Wildman–Crippen LogP) is 1.48. The molecule has 1 saturated heterocycles. The van der Waals surface area contributed by atoms with Crippen LogP contribution in [0.1, 0.15) is 16.8 Å². The summed E-state index contributed by atoms with van der Waals surface area (Å²) < 4.78 is 5.22. The number of hydrogen-bond donors (Lipinski definition) is 0. The van der Waals surface area contributed by atoms with Crippen molar-refractivity contribution in [3.63, 3.8) is 0 Å². The minimum absolute atomic E-state index is 0.00323. The Balaban J connectivity index is 1.89. The molecule has 0 bridgehead atoms. The van der Waals surface area contributed by atoms with Crippen molar-refractivity contribution < 1.29 is 24.2 Å². The molecule has 1 aliphatic heterocycles. The Hall–Kier alpha value is -2.80. The first-order valence-electron chi connectivity index (χ1n) is 7.49. The molecule has 128 valence electrons. The first kappa shape index (κ1) is 17.0. The van der Waals surface area contributed by atoms with Gasteiger partial charge in [0.1, 0.15) is 5.75 Å². The normalized spacial score (nSPS) is 17.0. The lowest BCUT2D eigenvalue weighted by molar-refractivity contribution is -0.255. The molecule has 2 aromatic carbocycles. The molecule has 0 aromatic heterocycles. The fraction of sp³-hybridized carbons (Fsp3) is 0.167. The average molecular weight is 356 g/mol. The zero-order chi connectivity index (χ0) is 18.0. The van der Waals surface area contributed by atoms with Crippen molar-refractivity contribution >= 4 is 35.2 Å². The maximum absolute atomic E-state index is 12.7. The SMILES string of the molecule is COc1ccccc1N1C(=O)C[C@@H](Sc2ccccc2C(=O)[O-])C1=O. The van der Waals surface area contributed by atoms with Crippen molar-refractivity contribution in [2.75, 3.05) is 12.0 Å². The third-order valence-electron chi connectivity index (χ3n) is 3.81. The molecule has 1 aliphatic rings. The summed E-state index contributed by atoms with van der Waals surface area (Å²) in [4.78, 5) is 37.8. The average Bonchev–Trinajstić information content (AvgIpc) is 2.88. The second-order valence-corrected chi connectivity index (χ2v) is 6.58. The molecule has 1 atom stereocenters. The van der Waals surface area contributed by atoms with Gasteiger partial charge in [0.15, 0.2) is 0 Å². The monoisotopic (exact) mass is 356 g/mol. The maximum Gasteiger partial charge on any atom is 0.247 e. The van der Waals surface area contributed by atoms with E-state index in [1.54, 1.807) is 42.5 Å². The van der Waals surface area contributed by atoms with Crippen molar-refractivity contribution in [2.45, 2.75) is 16.6 Å². The minimum Gasteiger partial charge on any atom is -0.545 e. The largest absolute Gasteiger partial charge is 0.545 e. The van der Waals surface area contributed by atoms with Crippen LogP contribution in [0.3, 0.4) is 0 Å². The van der Waals surface area contributed by atoms with Crippen LogP contribution in [0.5, 0.6) is 5.75 Å². The first-order chi connectivity index (χ1) is 12.0. The molecule has 0 spiro atoms. The van der Waals surface area contributed by atoms with E-state index in [1.165, 1.54) is 13.2 Å². The predicted molar refractivity (Wildman–Crippen MR) is 90.5 cm³/mol. The van der Waals surface area contributed by atoms with E-state index in [0.717, 1.165) is 16.7 Å². The van der Waals surface area contributed by atoms with Crippen LogP contribution in [-0.2, 0) is 9.59 Å². The Kier molecular flexibility index (Phi) is 4.76. The molecule has 1 fully saturated rings. The van der Waals surface area contributed by atoms with E-state index in [1.807, 2.05) is 0 Å². The van der Waals surface area contributed by atoms with Gasteiger partial charge in [0.25, 0.3) is 0 Å². The van der Waals surface area contributed by atoms with E-state index in [0.29, 0.717) is 16.3 Å². The van der Waals surface area contributed by atoms with Gasteiger partial charge in [0.05, 0.1) is 24.0 Å². The summed E-state index contributed by atoms with van der Waals surface area (Å²) in [5.41, 5.74) is 0.389. The van der Waals surface area contributed by atoms with E-state index in [4.69, 9.17) is 4.74 Å². The number of nitrogens with zero attached hydrogens (tertiary/aromatic N) is 1. The molecule has 3 rings (SSSR count). The fourth-order valence-electron chi connectivity index (χ4n) is 2.66. The van der Waals surface area contributed by atoms with Gasteiger partial charge in [-0.05, 0) is 18.2 Å². The van der Waals surface area contributed by atoms with E-state index < -0.39 is 17.1 Å². The lowest BCUT2D eigenvalue weighted by Crippen LogP contribution is -2.31. The van der Waals surface area contributed by atoms with E-state index in [-0.39, 0.29) is 17.9 Å². The summed E-state index contributed by atoms with van der Waals surface area (Å²) in [6, 6.07) is 13.0. The number of para-hydroxylation sites is 2. The van der Waals surface area contributed by atoms with Gasteiger partial charge in [-0.25, -0.2) is 4.90 Å². The van der Waals surface area contributed by atoms with Crippen LogP contribution < -0.4 is 14.7 Å². The van der Waals surface area contributed by atoms with Gasteiger partial charge in [-0.1, -0.05) is 30.3 Å². The van der Waals surface area contributed by atoms with Crippen molar-refractivity contribution in [2.24, 2.45) is 0 Å². The number of imide groups is 1. The highest BCUT2D eigenvalue weighted by Gasteiger charge is 2.41. The second-order valence-electron chi connectivity index (χ2n) is 5.33. The number of carbonyl (C=O) groups excluding carboxylic acids is 3. The summed E-state index contributed by atoms with van der Waals surface area (Å²) in [6.45, 7) is 0. The Morgan fingerprint density at radius 3 is 2.56 bits per heavy atom. The van der Waals surface area contributed by atoms with Crippen LogP contribution in [0.2, 0.25) is 0 Å². The van der Waals surface area contributed by atoms with Crippen molar-refractivity contribution in [1.29, 1.82) is 0 Å². The standard InChI is InChI=1S/C18H15NO5S/c1-24-13-8-4-3-7-12(13)19-16(20)10-15(17(19)21)25-14-9-5-2-6-11(14)18(22)23/h2-9,15H,10H2,1H3,(H,22,23)/p-1/t15-/m1/s1. The van der Waals surface area contributed by atoms with E-state index in [9.17, 15) is 19.5 Å². The first-order valence-corrected chi connectivity index (χ1v) is 8.37. The number of carbonyl (C=O) groups is 3. The van der Waals surface area contributed by atoms with Gasteiger partial charge in [-0.15, -0.1) is 11.8 Å². The molecule has 0 unspecified atom stereocenters. The molecule has 7 heteroatoms. The van der Waals surface area contributed by atoms with Crippen LogP contribution in [0, 0.1) is 0 Å². The van der Waals surface area contributed by atoms with Gasteiger partial charge in [0.2, 0.25) is 11.8 Å². The zero-order valence-corrected chi connectivity index (χ0v) is 14.1. The number of ether oxygens (including phenoxy) is 1. The third-order valence-corrected chi connectivity index (χ3v) is 5.07. The molecule has 0 N–H and O–H groups in total. The van der Waals surface area contributed by atoms with Gasteiger partial charge >= 0.3 is 0 Å². The van der Waals surface area contributed by atoms with Crippen LogP contribution in [0.15, 0.2) is 53.4 Å². The summed E-state index contributed by atoms with van der Waals surface area (Å²) >= 11 is 1.06. The Bertz CT molecular complexity index is 851. The molecule has 0 radical (unpaired) electrons. The maximum atomic E-state index is 12.7. The highest BCUT2D eigenvalue weighted by molar-refractivity contribution is 8.00. The number of carboxylic acid groups (broad SMARTS) is 1. The molecule has 2 amide bonds. The van der Waals surface area contributed by atoms with E-state index in [2.05, 4.69) is 0 Å². The number of thioether (sulfide) groups is 1. The van der Waals surface area contributed by atoms with Gasteiger partial charge in [0, 0.05) is 16.9 Å². The number of hydrogen-bond acceptors (Lipinski definition) is 6. The molecule has 1 heterocycles. The number of amides is 2. The number of rotatable bonds is 5. The van der Waals surface area contributed by atoms with Gasteiger partial charge < -0.3 is 14.6 Å². The van der Waals surface area contributed by atoms with Crippen LogP contribution in [-0.4, -0.2) is 30.1 Å².